The van der Waals surface area contributed by atoms with Crippen molar-refractivity contribution in [3.05, 3.63) is 69.4 Å². The van der Waals surface area contributed by atoms with Crippen LogP contribution in [-0.4, -0.2) is 52.9 Å². The highest BCUT2D eigenvalue weighted by atomic mass is 32.2. The fourth-order valence-corrected chi connectivity index (χ4v) is 5.39. The first-order valence-electron chi connectivity index (χ1n) is 12.1. The highest BCUT2D eigenvalue weighted by Gasteiger charge is 2.18. The SMILES string of the molecule is CCCSc1ccccc1N1CCN(CCCCCn2c(=O)[nH]c3ccccc3c2=O)CC1. The predicted octanol–water partition coefficient (Wildman–Crippen LogP) is 4.18. The van der Waals surface area contributed by atoms with Crippen LogP contribution in [0.2, 0.25) is 0 Å². The summed E-state index contributed by atoms with van der Waals surface area (Å²) >= 11 is 1.96. The molecule has 1 fully saturated rings. The molecule has 1 saturated heterocycles. The molecular weight excluding hydrogens is 432 g/mol. The monoisotopic (exact) mass is 466 g/mol. The number of fused-ring (bicyclic) bond motifs is 1. The second-order valence-corrected chi connectivity index (χ2v) is 9.77. The average molecular weight is 467 g/mol. The van der Waals surface area contributed by atoms with Crippen LogP contribution in [0.15, 0.2) is 63.0 Å². The molecule has 0 aliphatic carbocycles. The number of hydrogen-bond donors (Lipinski definition) is 1. The van der Waals surface area contributed by atoms with Crippen LogP contribution >= 0.6 is 11.8 Å². The molecule has 6 nitrogen and oxygen atoms in total. The summed E-state index contributed by atoms with van der Waals surface area (Å²) in [5.74, 6) is 1.16. The van der Waals surface area contributed by atoms with Crippen molar-refractivity contribution in [3.63, 3.8) is 0 Å². The van der Waals surface area contributed by atoms with E-state index in [2.05, 4.69) is 46.0 Å². The van der Waals surface area contributed by atoms with Gasteiger partial charge in [0.25, 0.3) is 5.56 Å². The number of benzene rings is 2. The van der Waals surface area contributed by atoms with Crippen LogP contribution < -0.4 is 16.1 Å². The number of unbranched alkanes of at least 4 members (excludes halogenated alkanes) is 2. The van der Waals surface area contributed by atoms with E-state index in [1.165, 1.54) is 21.6 Å². The van der Waals surface area contributed by atoms with Crippen molar-refractivity contribution in [2.75, 3.05) is 43.4 Å². The van der Waals surface area contributed by atoms with Crippen molar-refractivity contribution in [1.82, 2.24) is 14.5 Å². The number of thioether (sulfide) groups is 1. The van der Waals surface area contributed by atoms with Gasteiger partial charge >= 0.3 is 5.69 Å². The van der Waals surface area contributed by atoms with Gasteiger partial charge < -0.3 is 9.88 Å². The second kappa shape index (κ2) is 11.6. The fourth-order valence-electron chi connectivity index (χ4n) is 4.45. The average Bonchev–Trinajstić information content (AvgIpc) is 2.85. The molecule has 1 aromatic heterocycles. The summed E-state index contributed by atoms with van der Waals surface area (Å²) in [6, 6.07) is 16.0. The van der Waals surface area contributed by atoms with Gasteiger partial charge in [0.15, 0.2) is 0 Å². The van der Waals surface area contributed by atoms with Gasteiger partial charge in [-0.05, 0) is 55.8 Å². The van der Waals surface area contributed by atoms with Crippen LogP contribution in [-0.2, 0) is 6.54 Å². The Balaban J connectivity index is 1.22. The Bertz CT molecular complexity index is 1160. The number of nitrogens with zero attached hydrogens (tertiary/aromatic N) is 3. The normalized spacial score (nSPS) is 14.8. The Morgan fingerprint density at radius 3 is 2.42 bits per heavy atom. The van der Waals surface area contributed by atoms with Crippen LogP contribution in [0.3, 0.4) is 0 Å². The molecule has 0 bridgehead atoms. The summed E-state index contributed by atoms with van der Waals surface area (Å²) in [6.45, 7) is 8.05. The van der Waals surface area contributed by atoms with Gasteiger partial charge in [-0.25, -0.2) is 4.79 Å². The van der Waals surface area contributed by atoms with Crippen molar-refractivity contribution in [2.45, 2.75) is 44.0 Å². The summed E-state index contributed by atoms with van der Waals surface area (Å²) in [5, 5.41) is 0.574. The van der Waals surface area contributed by atoms with Crippen molar-refractivity contribution in [2.24, 2.45) is 0 Å². The summed E-state index contributed by atoms with van der Waals surface area (Å²) in [4.78, 5) is 34.2. The smallest absolute Gasteiger partial charge is 0.328 e. The van der Waals surface area contributed by atoms with Crippen LogP contribution in [0.1, 0.15) is 32.6 Å². The molecule has 3 aromatic rings. The number of anilines is 1. The van der Waals surface area contributed by atoms with E-state index in [9.17, 15) is 9.59 Å². The zero-order valence-corrected chi connectivity index (χ0v) is 20.3. The Hall–Kier alpha value is -2.51. The first-order valence-corrected chi connectivity index (χ1v) is 13.1. The number of aromatic nitrogens is 2. The van der Waals surface area contributed by atoms with Gasteiger partial charge in [0, 0.05) is 37.6 Å². The van der Waals surface area contributed by atoms with Gasteiger partial charge in [-0.2, -0.15) is 0 Å². The van der Waals surface area contributed by atoms with Gasteiger partial charge in [0.05, 0.1) is 16.6 Å². The molecule has 0 unspecified atom stereocenters. The Morgan fingerprint density at radius 1 is 0.879 bits per heavy atom. The molecule has 0 saturated carbocycles. The maximum atomic E-state index is 12.6. The molecule has 2 aromatic carbocycles. The van der Waals surface area contributed by atoms with Gasteiger partial charge in [-0.3, -0.25) is 14.3 Å². The number of H-pyrrole nitrogens is 1. The summed E-state index contributed by atoms with van der Waals surface area (Å²) in [6.07, 6.45) is 4.12. The summed E-state index contributed by atoms with van der Waals surface area (Å²) < 4.78 is 1.34. The molecular formula is C26H34N4O2S. The summed E-state index contributed by atoms with van der Waals surface area (Å²) in [5.41, 5.74) is 1.48. The largest absolute Gasteiger partial charge is 0.368 e. The first-order chi connectivity index (χ1) is 16.2. The number of nitrogens with one attached hydrogen (secondary N) is 1. The van der Waals surface area contributed by atoms with Crippen LogP contribution in [0.5, 0.6) is 0 Å². The Morgan fingerprint density at radius 2 is 1.61 bits per heavy atom. The van der Waals surface area contributed by atoms with E-state index >= 15 is 0 Å². The highest BCUT2D eigenvalue weighted by molar-refractivity contribution is 7.99. The third-order valence-corrected chi connectivity index (χ3v) is 7.55. The van der Waals surface area contributed by atoms with Crippen molar-refractivity contribution < 1.29 is 0 Å². The number of aromatic amines is 1. The molecule has 0 radical (unpaired) electrons. The molecule has 1 aliphatic heterocycles. The zero-order valence-electron chi connectivity index (χ0n) is 19.5. The molecule has 0 spiro atoms. The summed E-state index contributed by atoms with van der Waals surface area (Å²) in [7, 11) is 0. The quantitative estimate of drug-likeness (QED) is 0.359. The Labute approximate surface area is 199 Å². The number of rotatable bonds is 10. The standard InChI is InChI=1S/C26H34N4O2S/c1-2-20-33-24-13-7-6-12-23(24)29-18-16-28(17-19-29)14-8-3-9-15-30-25(31)21-10-4-5-11-22(21)27-26(30)32/h4-7,10-13H,2-3,8-9,14-20H2,1H3,(H,27,32). The number of hydrogen-bond acceptors (Lipinski definition) is 5. The maximum Gasteiger partial charge on any atom is 0.328 e. The molecule has 1 N–H and O–H groups in total. The van der Waals surface area contributed by atoms with Gasteiger partial charge in [0.2, 0.25) is 0 Å². The molecule has 0 atom stereocenters. The molecule has 176 valence electrons. The van der Waals surface area contributed by atoms with E-state index in [0.29, 0.717) is 17.4 Å². The minimum atomic E-state index is -0.313. The lowest BCUT2D eigenvalue weighted by Gasteiger charge is -2.37. The topological polar surface area (TPSA) is 61.3 Å². The third-order valence-electron chi connectivity index (χ3n) is 6.29. The van der Waals surface area contributed by atoms with E-state index in [0.717, 1.165) is 57.7 Å². The lowest BCUT2D eigenvalue weighted by molar-refractivity contribution is 0.251. The fraction of sp³-hybridized carbons (Fsp3) is 0.462. The maximum absolute atomic E-state index is 12.6. The Kier molecular flexibility index (Phi) is 8.29. The lowest BCUT2D eigenvalue weighted by atomic mass is 10.2. The van der Waals surface area contributed by atoms with Crippen LogP contribution in [0.4, 0.5) is 5.69 Å². The van der Waals surface area contributed by atoms with Crippen molar-refractivity contribution >= 4 is 28.4 Å². The number of piperazine rings is 1. The molecule has 4 rings (SSSR count). The van der Waals surface area contributed by atoms with E-state index < -0.39 is 0 Å². The molecule has 1 aliphatic rings. The molecule has 2 heterocycles. The third kappa shape index (κ3) is 5.89. The van der Waals surface area contributed by atoms with E-state index in [1.807, 2.05) is 23.9 Å². The first kappa shape index (κ1) is 23.6. The minimum Gasteiger partial charge on any atom is -0.368 e. The minimum absolute atomic E-state index is 0.192. The van der Waals surface area contributed by atoms with Gasteiger partial charge in [0.1, 0.15) is 0 Å². The van der Waals surface area contributed by atoms with Crippen LogP contribution in [0, 0.1) is 0 Å². The zero-order chi connectivity index (χ0) is 23.0. The van der Waals surface area contributed by atoms with E-state index in [4.69, 9.17) is 0 Å². The lowest BCUT2D eigenvalue weighted by Crippen LogP contribution is -2.46. The predicted molar refractivity (Wildman–Crippen MR) is 139 cm³/mol. The molecule has 33 heavy (non-hydrogen) atoms. The second-order valence-electron chi connectivity index (χ2n) is 8.64. The van der Waals surface area contributed by atoms with Gasteiger partial charge in [-0.1, -0.05) is 37.6 Å². The number of para-hydroxylation sites is 2. The van der Waals surface area contributed by atoms with E-state index in [1.54, 1.807) is 12.1 Å². The van der Waals surface area contributed by atoms with Crippen LogP contribution in [0.25, 0.3) is 10.9 Å². The molecule has 0 amide bonds. The van der Waals surface area contributed by atoms with Gasteiger partial charge in [-0.15, -0.1) is 11.8 Å². The molecule has 7 heteroatoms. The van der Waals surface area contributed by atoms with E-state index in [-0.39, 0.29) is 11.2 Å². The highest BCUT2D eigenvalue weighted by Crippen LogP contribution is 2.31. The van der Waals surface area contributed by atoms with Crippen molar-refractivity contribution in [3.8, 4) is 0 Å². The van der Waals surface area contributed by atoms with Crippen molar-refractivity contribution in [1.29, 1.82) is 0 Å².